The Kier molecular flexibility index (Phi) is 6.38. The second-order valence-corrected chi connectivity index (χ2v) is 6.14. The van der Waals surface area contributed by atoms with Gasteiger partial charge in [-0.1, -0.05) is 24.6 Å². The van der Waals surface area contributed by atoms with Gasteiger partial charge >= 0.3 is 0 Å². The number of hydrogen-bond donors (Lipinski definition) is 1. The highest BCUT2D eigenvalue weighted by atomic mass is 16.5. The molecule has 140 valence electrons. The maximum atomic E-state index is 12.5. The van der Waals surface area contributed by atoms with Gasteiger partial charge in [-0.15, -0.1) is 0 Å². The molecule has 0 aliphatic carbocycles. The minimum absolute atomic E-state index is 0.0356. The Balaban J connectivity index is 2.27. The third-order valence-electron chi connectivity index (χ3n) is 4.40. The highest BCUT2D eigenvalue weighted by Crippen LogP contribution is 2.41. The number of aliphatic carboxylic acids is 1. The molecule has 1 aromatic carbocycles. The van der Waals surface area contributed by atoms with Gasteiger partial charge in [-0.05, 0) is 32.3 Å². The number of carbonyl (C=O) groups is 3. The van der Waals surface area contributed by atoms with E-state index in [0.717, 1.165) is 0 Å². The smallest absolute Gasteiger partial charge is 0.290 e. The number of methoxy groups -OCH3 is 1. The van der Waals surface area contributed by atoms with Gasteiger partial charge in [0.05, 0.1) is 18.7 Å². The van der Waals surface area contributed by atoms with Crippen LogP contribution in [0.4, 0.5) is 0 Å². The molecular formula is C19H22NO6-. The van der Waals surface area contributed by atoms with Gasteiger partial charge in [-0.25, -0.2) is 0 Å². The lowest BCUT2D eigenvalue weighted by molar-refractivity contribution is -0.305. The van der Waals surface area contributed by atoms with E-state index in [1.807, 2.05) is 0 Å². The summed E-state index contributed by atoms with van der Waals surface area (Å²) in [6.07, 6.45) is 1.55. The van der Waals surface area contributed by atoms with Gasteiger partial charge in [0.25, 0.3) is 5.91 Å². The lowest BCUT2D eigenvalue weighted by Crippen LogP contribution is -2.32. The second-order valence-electron chi connectivity index (χ2n) is 6.14. The van der Waals surface area contributed by atoms with Crippen molar-refractivity contribution in [2.75, 3.05) is 13.7 Å². The number of carbonyl (C=O) groups excluding carboxylic acids is 3. The predicted molar refractivity (Wildman–Crippen MR) is 91.3 cm³/mol. The summed E-state index contributed by atoms with van der Waals surface area (Å²) in [6, 6.07) is 6.30. The largest absolute Gasteiger partial charge is 0.550 e. The monoisotopic (exact) mass is 360 g/mol. The molecule has 1 N–H and O–H groups in total. The molecule has 2 rings (SSSR count). The third-order valence-corrected chi connectivity index (χ3v) is 4.40. The Hall–Kier alpha value is -2.83. The first-order valence-corrected chi connectivity index (χ1v) is 8.46. The normalized spacial score (nSPS) is 16.9. The molecule has 1 aliphatic heterocycles. The van der Waals surface area contributed by atoms with Gasteiger partial charge < -0.3 is 24.6 Å². The zero-order chi connectivity index (χ0) is 19.3. The van der Waals surface area contributed by atoms with Crippen molar-refractivity contribution in [3.8, 4) is 5.75 Å². The van der Waals surface area contributed by atoms with Crippen LogP contribution in [0.2, 0.25) is 0 Å². The molecule has 0 fully saturated rings. The highest BCUT2D eigenvalue weighted by Gasteiger charge is 2.43. The molecule has 0 unspecified atom stereocenters. The standard InChI is InChI=1S/C19H23NO6/c1-12(21)16-17(13-8-5-6-9-14(13)26-2)20(19(25)18(16)24)11-7-3-4-10-15(22)23/h5-6,8-9,17,24H,3-4,7,10-11H2,1-2H3,(H,22,23)/p-1/t17-/m1/s1. The molecule has 7 heteroatoms. The van der Waals surface area contributed by atoms with E-state index in [-0.39, 0.29) is 24.3 Å². The fourth-order valence-corrected chi connectivity index (χ4v) is 3.19. The highest BCUT2D eigenvalue weighted by molar-refractivity contribution is 6.08. The first-order valence-electron chi connectivity index (χ1n) is 8.46. The topological polar surface area (TPSA) is 107 Å². The summed E-state index contributed by atoms with van der Waals surface area (Å²) in [4.78, 5) is 36.5. The molecule has 0 saturated carbocycles. The third kappa shape index (κ3) is 4.04. The molecule has 1 atom stereocenters. The fourth-order valence-electron chi connectivity index (χ4n) is 3.19. The van der Waals surface area contributed by atoms with Gasteiger partial charge in [-0.2, -0.15) is 0 Å². The number of ketones is 1. The molecule has 26 heavy (non-hydrogen) atoms. The Morgan fingerprint density at radius 3 is 2.54 bits per heavy atom. The number of rotatable bonds is 9. The molecule has 0 saturated heterocycles. The van der Waals surface area contributed by atoms with E-state index < -0.39 is 23.7 Å². The number of hydrogen-bond acceptors (Lipinski definition) is 6. The van der Waals surface area contributed by atoms with Crippen LogP contribution in [-0.4, -0.2) is 41.3 Å². The molecule has 0 radical (unpaired) electrons. The zero-order valence-electron chi connectivity index (χ0n) is 14.9. The number of para-hydroxylation sites is 1. The number of carboxylic acid groups (broad SMARTS) is 1. The average Bonchev–Trinajstić information content (AvgIpc) is 2.85. The molecule has 7 nitrogen and oxygen atoms in total. The zero-order valence-corrected chi connectivity index (χ0v) is 14.9. The van der Waals surface area contributed by atoms with Crippen molar-refractivity contribution >= 4 is 17.7 Å². The number of carboxylic acids is 1. The van der Waals surface area contributed by atoms with Crippen LogP contribution in [0.15, 0.2) is 35.6 Å². The number of nitrogens with zero attached hydrogens (tertiary/aromatic N) is 1. The van der Waals surface area contributed by atoms with Crippen molar-refractivity contribution in [3.05, 3.63) is 41.2 Å². The van der Waals surface area contributed by atoms with Crippen LogP contribution in [0.5, 0.6) is 5.75 Å². The number of benzene rings is 1. The molecule has 1 amide bonds. The van der Waals surface area contributed by atoms with Crippen molar-refractivity contribution in [2.45, 2.75) is 38.6 Å². The molecule has 0 bridgehead atoms. The average molecular weight is 360 g/mol. The Labute approximate surface area is 151 Å². The number of unbranched alkanes of at least 4 members (excludes halogenated alkanes) is 2. The lowest BCUT2D eigenvalue weighted by atomic mass is 9.95. The number of amides is 1. The van der Waals surface area contributed by atoms with Crippen molar-refractivity contribution in [1.29, 1.82) is 0 Å². The summed E-state index contributed by atoms with van der Waals surface area (Å²) >= 11 is 0. The Bertz CT molecular complexity index is 739. The number of aliphatic hydroxyl groups excluding tert-OH is 1. The number of Topliss-reactive ketones (excluding diaryl/α,β-unsaturated/α-hetero) is 1. The van der Waals surface area contributed by atoms with Crippen molar-refractivity contribution in [1.82, 2.24) is 4.90 Å². The van der Waals surface area contributed by atoms with Gasteiger partial charge in [0.15, 0.2) is 11.5 Å². The Morgan fingerprint density at radius 2 is 1.92 bits per heavy atom. The molecule has 1 aliphatic rings. The van der Waals surface area contributed by atoms with Crippen LogP contribution in [-0.2, 0) is 14.4 Å². The van der Waals surface area contributed by atoms with Gasteiger partial charge in [-0.3, -0.25) is 9.59 Å². The van der Waals surface area contributed by atoms with E-state index in [2.05, 4.69) is 0 Å². The van der Waals surface area contributed by atoms with Gasteiger partial charge in [0, 0.05) is 18.1 Å². The van der Waals surface area contributed by atoms with Crippen LogP contribution >= 0.6 is 0 Å². The maximum Gasteiger partial charge on any atom is 0.290 e. The first-order chi connectivity index (χ1) is 12.4. The summed E-state index contributed by atoms with van der Waals surface area (Å²) in [5.74, 6) is -2.12. The number of aliphatic hydroxyl groups is 1. The van der Waals surface area contributed by atoms with Crippen LogP contribution in [0.3, 0.4) is 0 Å². The molecule has 1 heterocycles. The summed E-state index contributed by atoms with van der Waals surface area (Å²) in [5.41, 5.74) is 0.668. The first kappa shape index (κ1) is 19.5. The van der Waals surface area contributed by atoms with E-state index in [4.69, 9.17) is 4.74 Å². The maximum absolute atomic E-state index is 12.5. The molecular weight excluding hydrogens is 338 g/mol. The second kappa shape index (κ2) is 8.51. The van der Waals surface area contributed by atoms with E-state index in [0.29, 0.717) is 30.6 Å². The summed E-state index contributed by atoms with van der Waals surface area (Å²) < 4.78 is 5.35. The minimum Gasteiger partial charge on any atom is -0.550 e. The quantitative estimate of drug-likeness (QED) is 0.665. The van der Waals surface area contributed by atoms with Crippen LogP contribution in [0.25, 0.3) is 0 Å². The van der Waals surface area contributed by atoms with Crippen molar-refractivity contribution in [2.24, 2.45) is 0 Å². The predicted octanol–water partition coefficient (Wildman–Crippen LogP) is 1.29. The molecule has 1 aromatic rings. The van der Waals surface area contributed by atoms with E-state index >= 15 is 0 Å². The van der Waals surface area contributed by atoms with Crippen LogP contribution in [0.1, 0.15) is 44.2 Å². The molecule has 0 aromatic heterocycles. The van der Waals surface area contributed by atoms with Crippen LogP contribution < -0.4 is 9.84 Å². The summed E-state index contributed by atoms with van der Waals surface area (Å²) in [5, 5.41) is 20.7. The van der Waals surface area contributed by atoms with Crippen LogP contribution in [0, 0.1) is 0 Å². The lowest BCUT2D eigenvalue weighted by Gasteiger charge is -2.27. The van der Waals surface area contributed by atoms with E-state index in [1.165, 1.54) is 18.9 Å². The fraction of sp³-hybridized carbons (Fsp3) is 0.421. The summed E-state index contributed by atoms with van der Waals surface area (Å²) in [7, 11) is 1.50. The van der Waals surface area contributed by atoms with E-state index in [9.17, 15) is 24.6 Å². The van der Waals surface area contributed by atoms with E-state index in [1.54, 1.807) is 24.3 Å². The van der Waals surface area contributed by atoms with Crippen molar-refractivity contribution < 1.29 is 29.3 Å². The number of ether oxygens (including phenoxy) is 1. The molecule has 0 spiro atoms. The summed E-state index contributed by atoms with van der Waals surface area (Å²) in [6.45, 7) is 1.60. The SMILES string of the molecule is COc1ccccc1[C@@H]1C(C(C)=O)=C(O)C(=O)N1CCCCCC(=O)[O-]. The minimum atomic E-state index is -1.10. The van der Waals surface area contributed by atoms with Gasteiger partial charge in [0.2, 0.25) is 0 Å². The Morgan fingerprint density at radius 1 is 1.23 bits per heavy atom. The van der Waals surface area contributed by atoms with Gasteiger partial charge in [0.1, 0.15) is 5.75 Å². The van der Waals surface area contributed by atoms with Crippen molar-refractivity contribution in [3.63, 3.8) is 0 Å².